The third-order valence-corrected chi connectivity index (χ3v) is 7.68. The molecule has 4 aromatic rings. The molecular weight excluding hydrogens is 626 g/mol. The molecule has 2 heterocycles. The van der Waals surface area contributed by atoms with Crippen LogP contribution in [0.2, 0.25) is 0 Å². The van der Waals surface area contributed by atoms with Gasteiger partial charge in [-0.3, -0.25) is 19.3 Å². The maximum absolute atomic E-state index is 14.9. The van der Waals surface area contributed by atoms with Crippen LogP contribution >= 0.6 is 9.24 Å². The lowest BCUT2D eigenvalue weighted by Crippen LogP contribution is -2.35. The molecule has 2 atom stereocenters. The SMILES string of the molecule is NC(=O)c1cc(-c2cccnc2C(Cc2cc(F)cc(P)c2)NC(=O)Cn2nc(C(F)(F)F)c3c2C(F)(F)CCC3)ccc1F. The van der Waals surface area contributed by atoms with E-state index in [1.165, 1.54) is 36.5 Å². The minimum Gasteiger partial charge on any atom is -0.366 e. The van der Waals surface area contributed by atoms with Crippen LogP contribution in [-0.2, 0) is 36.3 Å². The van der Waals surface area contributed by atoms with E-state index in [2.05, 4.69) is 24.6 Å². The number of aromatic nitrogens is 3. The fourth-order valence-electron chi connectivity index (χ4n) is 5.54. The Hall–Kier alpha value is -4.32. The third-order valence-electron chi connectivity index (χ3n) is 7.34. The molecule has 45 heavy (non-hydrogen) atoms. The maximum Gasteiger partial charge on any atom is 0.435 e. The number of fused-ring (bicyclic) bond motifs is 1. The molecule has 1 aliphatic carbocycles. The summed E-state index contributed by atoms with van der Waals surface area (Å²) in [5.74, 6) is -7.10. The number of carbonyl (C=O) groups excluding carboxylic acids is 2. The van der Waals surface area contributed by atoms with E-state index in [9.17, 15) is 40.3 Å². The van der Waals surface area contributed by atoms with Gasteiger partial charge >= 0.3 is 6.18 Å². The van der Waals surface area contributed by atoms with Gasteiger partial charge in [-0.2, -0.15) is 27.1 Å². The Kier molecular flexibility index (Phi) is 8.72. The molecule has 2 aromatic carbocycles. The van der Waals surface area contributed by atoms with Gasteiger partial charge in [0, 0.05) is 23.7 Å². The third kappa shape index (κ3) is 6.85. The number of rotatable bonds is 8. The first-order valence-electron chi connectivity index (χ1n) is 13.6. The second-order valence-corrected chi connectivity index (χ2v) is 11.3. The van der Waals surface area contributed by atoms with Gasteiger partial charge in [0.15, 0.2) is 5.69 Å². The van der Waals surface area contributed by atoms with Gasteiger partial charge in [-0.05, 0) is 66.0 Å². The number of alkyl halides is 5. The molecule has 7 nitrogen and oxygen atoms in total. The lowest BCUT2D eigenvalue weighted by atomic mass is 9.92. The number of hydrogen-bond donors (Lipinski definition) is 2. The van der Waals surface area contributed by atoms with Crippen molar-refractivity contribution in [1.82, 2.24) is 20.1 Å². The van der Waals surface area contributed by atoms with E-state index in [1.807, 2.05) is 0 Å². The van der Waals surface area contributed by atoms with Gasteiger partial charge in [0.1, 0.15) is 23.9 Å². The Bertz CT molecular complexity index is 1770. The van der Waals surface area contributed by atoms with Crippen LogP contribution in [0.3, 0.4) is 0 Å². The molecular formula is C30H25F7N5O2P. The number of carbonyl (C=O) groups is 2. The van der Waals surface area contributed by atoms with E-state index >= 15 is 0 Å². The van der Waals surface area contributed by atoms with Crippen LogP contribution in [-0.4, -0.2) is 26.6 Å². The molecule has 3 N–H and O–H groups in total. The first-order valence-corrected chi connectivity index (χ1v) is 14.2. The lowest BCUT2D eigenvalue weighted by molar-refractivity contribution is -0.142. The Labute approximate surface area is 254 Å². The fourth-order valence-corrected chi connectivity index (χ4v) is 5.91. The van der Waals surface area contributed by atoms with E-state index in [0.717, 1.165) is 6.07 Å². The number of nitrogens with two attached hydrogens (primary N) is 1. The quantitative estimate of drug-likeness (QED) is 0.198. The molecule has 1 aliphatic rings. The van der Waals surface area contributed by atoms with Crippen molar-refractivity contribution in [2.75, 3.05) is 0 Å². The number of nitrogens with zero attached hydrogens (tertiary/aromatic N) is 3. The van der Waals surface area contributed by atoms with Crippen LogP contribution in [0.25, 0.3) is 11.1 Å². The molecule has 0 saturated heterocycles. The van der Waals surface area contributed by atoms with Crippen LogP contribution in [0.15, 0.2) is 54.7 Å². The molecule has 2 unspecified atom stereocenters. The molecule has 0 bridgehead atoms. The summed E-state index contributed by atoms with van der Waals surface area (Å²) in [4.78, 5) is 29.6. The molecule has 2 amide bonds. The van der Waals surface area contributed by atoms with Gasteiger partial charge in [0.05, 0.1) is 17.3 Å². The van der Waals surface area contributed by atoms with Gasteiger partial charge in [0.25, 0.3) is 11.8 Å². The summed E-state index contributed by atoms with van der Waals surface area (Å²) in [5, 5.41) is 6.49. The Morgan fingerprint density at radius 2 is 1.87 bits per heavy atom. The van der Waals surface area contributed by atoms with Crippen molar-refractivity contribution in [3.63, 3.8) is 0 Å². The summed E-state index contributed by atoms with van der Waals surface area (Å²) in [6.07, 6.45) is -4.90. The molecule has 5 rings (SSSR count). The molecule has 236 valence electrons. The minimum absolute atomic E-state index is 0.0973. The van der Waals surface area contributed by atoms with E-state index in [0.29, 0.717) is 21.1 Å². The second-order valence-electron chi connectivity index (χ2n) is 10.6. The summed E-state index contributed by atoms with van der Waals surface area (Å²) < 4.78 is 99.8. The van der Waals surface area contributed by atoms with Crippen molar-refractivity contribution in [2.45, 2.75) is 50.4 Å². The molecule has 0 spiro atoms. The van der Waals surface area contributed by atoms with Crippen LogP contribution in [0.5, 0.6) is 0 Å². The van der Waals surface area contributed by atoms with E-state index in [4.69, 9.17) is 5.73 Å². The number of primary amides is 1. The second kappa shape index (κ2) is 12.2. The van der Waals surface area contributed by atoms with Crippen molar-refractivity contribution >= 4 is 26.4 Å². The largest absolute Gasteiger partial charge is 0.435 e. The van der Waals surface area contributed by atoms with E-state index < -0.39 is 77.1 Å². The smallest absolute Gasteiger partial charge is 0.366 e. The zero-order valence-corrected chi connectivity index (χ0v) is 24.4. The predicted octanol–water partition coefficient (Wildman–Crippen LogP) is 5.37. The van der Waals surface area contributed by atoms with Gasteiger partial charge in [-0.25, -0.2) is 8.78 Å². The molecule has 0 radical (unpaired) electrons. The van der Waals surface area contributed by atoms with Crippen molar-refractivity contribution in [2.24, 2.45) is 5.73 Å². The Morgan fingerprint density at radius 1 is 1.11 bits per heavy atom. The number of benzene rings is 2. The number of halogens is 7. The zero-order valence-electron chi connectivity index (χ0n) is 23.3. The summed E-state index contributed by atoms with van der Waals surface area (Å²) in [6.45, 7) is -0.979. The van der Waals surface area contributed by atoms with Gasteiger partial charge in [-0.1, -0.05) is 18.2 Å². The topological polar surface area (TPSA) is 103 Å². The first kappa shape index (κ1) is 32.1. The Balaban J connectivity index is 1.55. The zero-order chi connectivity index (χ0) is 32.7. The average Bonchev–Trinajstić information content (AvgIpc) is 3.32. The molecule has 0 aliphatic heterocycles. The standard InChI is InChI=1S/C30H25F7N5O2P/c31-17-9-15(10-18(45)13-17)11-23(25-19(4-2-8-39-25)16-5-6-22(32)21(12-16)28(38)44)40-24(43)14-42-27-20(3-1-7-29(27,33)34)26(41-42)30(35,36)37/h2,4-6,8-10,12-13,23H,1,3,7,11,14,45H2,(H2,38,44)(H,40,43). The number of pyridine rings is 1. The molecule has 0 saturated carbocycles. The van der Waals surface area contributed by atoms with Crippen molar-refractivity contribution < 1.29 is 40.3 Å². The van der Waals surface area contributed by atoms with Crippen LogP contribution < -0.4 is 16.4 Å². The van der Waals surface area contributed by atoms with Crippen LogP contribution in [0.1, 0.15) is 57.5 Å². The van der Waals surface area contributed by atoms with Crippen LogP contribution in [0.4, 0.5) is 30.7 Å². The molecule has 15 heteroatoms. The van der Waals surface area contributed by atoms with Crippen molar-refractivity contribution in [3.8, 4) is 11.1 Å². The maximum atomic E-state index is 14.9. The normalized spacial score (nSPS) is 14.9. The highest BCUT2D eigenvalue weighted by Gasteiger charge is 2.48. The van der Waals surface area contributed by atoms with Crippen molar-refractivity contribution in [3.05, 3.63) is 100 Å². The van der Waals surface area contributed by atoms with E-state index in [-0.39, 0.29) is 30.5 Å². The van der Waals surface area contributed by atoms with Gasteiger partial charge in [0.2, 0.25) is 5.91 Å². The van der Waals surface area contributed by atoms with Crippen molar-refractivity contribution in [1.29, 1.82) is 0 Å². The fraction of sp³-hybridized carbons (Fsp3) is 0.267. The number of amides is 2. The van der Waals surface area contributed by atoms with Crippen LogP contribution in [0, 0.1) is 11.6 Å². The molecule has 0 fully saturated rings. The average molecular weight is 652 g/mol. The summed E-state index contributed by atoms with van der Waals surface area (Å²) in [5.41, 5.74) is 2.96. The number of nitrogens with one attached hydrogen (secondary N) is 1. The Morgan fingerprint density at radius 3 is 2.56 bits per heavy atom. The van der Waals surface area contributed by atoms with Gasteiger partial charge < -0.3 is 11.1 Å². The van der Waals surface area contributed by atoms with E-state index in [1.54, 1.807) is 12.1 Å². The predicted molar refractivity (Wildman–Crippen MR) is 153 cm³/mol. The first-order chi connectivity index (χ1) is 21.1. The highest BCUT2D eigenvalue weighted by molar-refractivity contribution is 7.27. The minimum atomic E-state index is -5.02. The summed E-state index contributed by atoms with van der Waals surface area (Å²) >= 11 is 0. The monoisotopic (exact) mass is 651 g/mol. The number of hydrogen-bond acceptors (Lipinski definition) is 4. The summed E-state index contributed by atoms with van der Waals surface area (Å²) in [6, 6.07) is 9.62. The summed E-state index contributed by atoms with van der Waals surface area (Å²) in [7, 11) is 2.34. The molecule has 2 aromatic heterocycles. The highest BCUT2D eigenvalue weighted by Crippen LogP contribution is 2.44. The highest BCUT2D eigenvalue weighted by atomic mass is 31.0. The van der Waals surface area contributed by atoms with Gasteiger partial charge in [-0.15, -0.1) is 9.24 Å². The lowest BCUT2D eigenvalue weighted by Gasteiger charge is -2.25.